The Morgan fingerprint density at radius 2 is 2.11 bits per heavy atom. The van der Waals surface area contributed by atoms with Crippen LogP contribution in [0.2, 0.25) is 0 Å². The third-order valence-electron chi connectivity index (χ3n) is 5.09. The van der Waals surface area contributed by atoms with E-state index in [2.05, 4.69) is 5.32 Å². The van der Waals surface area contributed by atoms with Crippen molar-refractivity contribution in [2.45, 2.75) is 38.1 Å². The zero-order valence-corrected chi connectivity index (χ0v) is 11.2. The molecular formula is C14H22N2O3. The van der Waals surface area contributed by atoms with E-state index in [0.717, 1.165) is 38.8 Å². The Morgan fingerprint density at radius 1 is 1.26 bits per heavy atom. The third kappa shape index (κ3) is 2.36. The van der Waals surface area contributed by atoms with Gasteiger partial charge in [0.1, 0.15) is 6.04 Å². The molecule has 3 rings (SSSR count). The van der Waals surface area contributed by atoms with E-state index in [1.165, 1.54) is 0 Å². The van der Waals surface area contributed by atoms with E-state index >= 15 is 0 Å². The van der Waals surface area contributed by atoms with Crippen LogP contribution in [0.25, 0.3) is 0 Å². The summed E-state index contributed by atoms with van der Waals surface area (Å²) >= 11 is 0. The van der Waals surface area contributed by atoms with Gasteiger partial charge < -0.3 is 15.3 Å². The van der Waals surface area contributed by atoms with Gasteiger partial charge in [-0.15, -0.1) is 0 Å². The number of nitrogens with one attached hydrogen (secondary N) is 1. The molecule has 1 saturated carbocycles. The molecule has 0 aromatic rings. The summed E-state index contributed by atoms with van der Waals surface area (Å²) in [5.74, 6) is 0.250. The lowest BCUT2D eigenvalue weighted by Gasteiger charge is -2.25. The Morgan fingerprint density at radius 3 is 2.79 bits per heavy atom. The van der Waals surface area contributed by atoms with Gasteiger partial charge in [-0.1, -0.05) is 6.42 Å². The van der Waals surface area contributed by atoms with Crippen LogP contribution in [0.5, 0.6) is 0 Å². The quantitative estimate of drug-likeness (QED) is 0.789. The number of carbonyl (C=O) groups excluding carboxylic acids is 1. The molecular weight excluding hydrogens is 244 g/mol. The van der Waals surface area contributed by atoms with Gasteiger partial charge in [0.05, 0.1) is 0 Å². The first-order chi connectivity index (χ1) is 9.16. The molecule has 2 saturated heterocycles. The van der Waals surface area contributed by atoms with Crippen LogP contribution in [0.1, 0.15) is 32.1 Å². The van der Waals surface area contributed by atoms with Crippen molar-refractivity contribution in [3.8, 4) is 0 Å². The van der Waals surface area contributed by atoms with Crippen LogP contribution in [-0.4, -0.2) is 47.6 Å². The lowest BCUT2D eigenvalue weighted by Crippen LogP contribution is -2.43. The van der Waals surface area contributed by atoms with Crippen LogP contribution in [0.3, 0.4) is 0 Å². The molecule has 0 aromatic heterocycles. The van der Waals surface area contributed by atoms with Crippen molar-refractivity contribution in [1.29, 1.82) is 0 Å². The Labute approximate surface area is 113 Å². The van der Waals surface area contributed by atoms with Crippen LogP contribution >= 0.6 is 0 Å². The van der Waals surface area contributed by atoms with Crippen LogP contribution in [0.4, 0.5) is 0 Å². The molecule has 5 heteroatoms. The molecule has 106 valence electrons. The number of likely N-dealkylation sites (tertiary alicyclic amines) is 1. The van der Waals surface area contributed by atoms with Gasteiger partial charge in [-0.3, -0.25) is 4.79 Å². The molecule has 4 unspecified atom stereocenters. The first-order valence-corrected chi connectivity index (χ1v) is 7.40. The van der Waals surface area contributed by atoms with E-state index in [-0.39, 0.29) is 11.8 Å². The number of amides is 1. The van der Waals surface area contributed by atoms with Crippen molar-refractivity contribution in [2.75, 3.05) is 19.6 Å². The molecule has 2 N–H and O–H groups in total. The van der Waals surface area contributed by atoms with Crippen LogP contribution in [0, 0.1) is 17.8 Å². The highest BCUT2D eigenvalue weighted by atomic mass is 16.4. The molecule has 0 bridgehead atoms. The fourth-order valence-electron chi connectivity index (χ4n) is 4.13. The largest absolute Gasteiger partial charge is 0.480 e. The number of carboxylic acids is 1. The zero-order valence-electron chi connectivity index (χ0n) is 11.2. The Balaban J connectivity index is 1.68. The summed E-state index contributed by atoms with van der Waals surface area (Å²) in [6.07, 6.45) is 4.72. The molecule has 5 nitrogen and oxygen atoms in total. The van der Waals surface area contributed by atoms with Crippen molar-refractivity contribution in [3.05, 3.63) is 0 Å². The minimum absolute atomic E-state index is 0.0514. The summed E-state index contributed by atoms with van der Waals surface area (Å²) in [7, 11) is 0. The molecule has 1 amide bonds. The second-order valence-electron chi connectivity index (χ2n) is 6.25. The van der Waals surface area contributed by atoms with E-state index in [4.69, 9.17) is 0 Å². The monoisotopic (exact) mass is 266 g/mol. The maximum atomic E-state index is 12.4. The molecule has 19 heavy (non-hydrogen) atoms. The van der Waals surface area contributed by atoms with Gasteiger partial charge >= 0.3 is 5.97 Å². The molecule has 1 aliphatic carbocycles. The molecule has 4 atom stereocenters. The Hall–Kier alpha value is -1.10. The maximum absolute atomic E-state index is 12.4. The lowest BCUT2D eigenvalue weighted by atomic mass is 9.94. The number of nitrogens with zero attached hydrogens (tertiary/aromatic N) is 1. The molecule has 0 radical (unpaired) electrons. The predicted molar refractivity (Wildman–Crippen MR) is 69.6 cm³/mol. The second-order valence-corrected chi connectivity index (χ2v) is 6.25. The van der Waals surface area contributed by atoms with E-state index in [1.807, 2.05) is 0 Å². The lowest BCUT2D eigenvalue weighted by molar-refractivity contribution is -0.150. The summed E-state index contributed by atoms with van der Waals surface area (Å²) in [6, 6.07) is -0.561. The summed E-state index contributed by atoms with van der Waals surface area (Å²) in [5, 5.41) is 12.7. The van der Waals surface area contributed by atoms with E-state index in [9.17, 15) is 14.7 Å². The van der Waals surface area contributed by atoms with Crippen LogP contribution < -0.4 is 5.32 Å². The highest BCUT2D eigenvalue weighted by Crippen LogP contribution is 2.42. The topological polar surface area (TPSA) is 69.6 Å². The average molecular weight is 266 g/mol. The molecule has 2 heterocycles. The second kappa shape index (κ2) is 5.12. The number of hydrogen-bond acceptors (Lipinski definition) is 3. The van der Waals surface area contributed by atoms with Gasteiger partial charge in [0, 0.05) is 13.0 Å². The number of aliphatic carboxylic acids is 1. The third-order valence-corrected chi connectivity index (χ3v) is 5.09. The van der Waals surface area contributed by atoms with Gasteiger partial charge in [-0.05, 0) is 50.1 Å². The fourth-order valence-corrected chi connectivity index (χ4v) is 4.13. The standard InChI is InChI=1S/C14H22N2O3/c17-12(6-9-4-5-15-7-9)16-8-10-2-1-3-11(10)13(16)14(18)19/h9-11,13,15H,1-8H2,(H,18,19). The molecule has 3 fully saturated rings. The Kier molecular flexibility index (Phi) is 3.48. The van der Waals surface area contributed by atoms with E-state index < -0.39 is 12.0 Å². The fraction of sp³-hybridized carbons (Fsp3) is 0.857. The molecule has 2 aliphatic heterocycles. The minimum Gasteiger partial charge on any atom is -0.480 e. The number of carboxylic acid groups (broad SMARTS) is 1. The predicted octanol–water partition coefficient (Wildman–Crippen LogP) is 0.698. The number of carbonyl (C=O) groups is 2. The average Bonchev–Trinajstić information content (AvgIpc) is 3.02. The summed E-state index contributed by atoms with van der Waals surface area (Å²) in [6.45, 7) is 2.54. The van der Waals surface area contributed by atoms with Crippen molar-refractivity contribution in [2.24, 2.45) is 17.8 Å². The summed E-state index contributed by atoms with van der Waals surface area (Å²) < 4.78 is 0. The number of hydrogen-bond donors (Lipinski definition) is 2. The summed E-state index contributed by atoms with van der Waals surface area (Å²) in [4.78, 5) is 25.5. The van der Waals surface area contributed by atoms with E-state index in [0.29, 0.717) is 24.8 Å². The van der Waals surface area contributed by atoms with Gasteiger partial charge in [0.25, 0.3) is 0 Å². The highest BCUT2D eigenvalue weighted by Gasteiger charge is 2.49. The van der Waals surface area contributed by atoms with Crippen LogP contribution in [0.15, 0.2) is 0 Å². The van der Waals surface area contributed by atoms with E-state index in [1.54, 1.807) is 4.90 Å². The first kappa shape index (κ1) is 12.9. The number of fused-ring (bicyclic) bond motifs is 1. The van der Waals surface area contributed by atoms with Gasteiger partial charge in [-0.25, -0.2) is 4.79 Å². The van der Waals surface area contributed by atoms with Crippen molar-refractivity contribution in [3.63, 3.8) is 0 Å². The molecule has 3 aliphatic rings. The van der Waals surface area contributed by atoms with Gasteiger partial charge in [-0.2, -0.15) is 0 Å². The molecule has 0 aromatic carbocycles. The number of rotatable bonds is 3. The Bertz CT molecular complexity index is 379. The first-order valence-electron chi connectivity index (χ1n) is 7.40. The molecule has 0 spiro atoms. The smallest absolute Gasteiger partial charge is 0.326 e. The zero-order chi connectivity index (χ0) is 13.4. The highest BCUT2D eigenvalue weighted by molar-refractivity contribution is 5.85. The minimum atomic E-state index is -0.813. The summed E-state index contributed by atoms with van der Waals surface area (Å²) in [5.41, 5.74) is 0. The van der Waals surface area contributed by atoms with Gasteiger partial charge in [0.15, 0.2) is 0 Å². The van der Waals surface area contributed by atoms with Crippen molar-refractivity contribution < 1.29 is 14.7 Å². The van der Waals surface area contributed by atoms with Crippen molar-refractivity contribution >= 4 is 11.9 Å². The maximum Gasteiger partial charge on any atom is 0.326 e. The van der Waals surface area contributed by atoms with Gasteiger partial charge in [0.2, 0.25) is 5.91 Å². The SMILES string of the molecule is O=C(O)C1C2CCCC2CN1C(=O)CC1CCNC1. The normalized spacial score (nSPS) is 37.6. The van der Waals surface area contributed by atoms with Crippen LogP contribution in [-0.2, 0) is 9.59 Å². The van der Waals surface area contributed by atoms with Crippen molar-refractivity contribution in [1.82, 2.24) is 10.2 Å².